The Bertz CT molecular complexity index is 565. The van der Waals surface area contributed by atoms with Crippen molar-refractivity contribution in [2.75, 3.05) is 21.3 Å². The van der Waals surface area contributed by atoms with Crippen molar-refractivity contribution in [2.45, 2.75) is 18.4 Å². The summed E-state index contributed by atoms with van der Waals surface area (Å²) < 4.78 is 14.9. The van der Waals surface area contributed by atoms with Crippen LogP contribution in [0.3, 0.4) is 0 Å². The second-order valence-electron chi connectivity index (χ2n) is 4.50. The molecule has 0 bridgehead atoms. The van der Waals surface area contributed by atoms with Gasteiger partial charge in [-0.3, -0.25) is 4.79 Å². The van der Waals surface area contributed by atoms with E-state index in [0.717, 1.165) is 7.11 Å². The van der Waals surface area contributed by atoms with Crippen molar-refractivity contribution in [3.05, 3.63) is 23.3 Å². The van der Waals surface area contributed by atoms with Crippen molar-refractivity contribution >= 4 is 11.8 Å². The minimum Gasteiger partial charge on any atom is -0.496 e. The average molecular weight is 280 g/mol. The van der Waals surface area contributed by atoms with E-state index in [1.807, 2.05) is 0 Å². The highest BCUT2D eigenvalue weighted by atomic mass is 16.5. The van der Waals surface area contributed by atoms with E-state index >= 15 is 0 Å². The number of benzene rings is 1. The molecule has 1 N–H and O–H groups in total. The summed E-state index contributed by atoms with van der Waals surface area (Å²) in [5, 5.41) is 10.3. The third kappa shape index (κ3) is 1.92. The maximum atomic E-state index is 12.5. The topological polar surface area (TPSA) is 82.1 Å². The van der Waals surface area contributed by atoms with Crippen LogP contribution in [0.25, 0.3) is 0 Å². The van der Waals surface area contributed by atoms with E-state index in [4.69, 9.17) is 9.47 Å². The quantitative estimate of drug-likeness (QED) is 0.649. The molecular formula is C14H16O6. The van der Waals surface area contributed by atoms with E-state index in [2.05, 4.69) is 4.74 Å². The summed E-state index contributed by atoms with van der Waals surface area (Å²) in [6, 6.07) is 3.26. The maximum absolute atomic E-state index is 12.5. The summed E-state index contributed by atoms with van der Waals surface area (Å²) in [6.45, 7) is 0. The van der Waals surface area contributed by atoms with Crippen molar-refractivity contribution in [3.63, 3.8) is 0 Å². The second kappa shape index (κ2) is 5.13. The number of fused-ring (bicyclic) bond motifs is 1. The lowest BCUT2D eigenvalue weighted by Gasteiger charge is -2.30. The highest BCUT2D eigenvalue weighted by molar-refractivity contribution is 6.18. The van der Waals surface area contributed by atoms with Crippen LogP contribution in [0, 0.1) is 0 Å². The number of Topliss-reactive ketones (excluding diaryl/α,β-unsaturated/α-hetero) is 1. The molecule has 1 aliphatic rings. The van der Waals surface area contributed by atoms with Gasteiger partial charge < -0.3 is 19.3 Å². The Morgan fingerprint density at radius 3 is 2.35 bits per heavy atom. The van der Waals surface area contributed by atoms with Gasteiger partial charge in [-0.2, -0.15) is 0 Å². The molecule has 1 atom stereocenters. The molecule has 0 saturated carbocycles. The fraction of sp³-hybridized carbons (Fsp3) is 0.429. The van der Waals surface area contributed by atoms with Crippen LogP contribution in [-0.4, -0.2) is 43.8 Å². The van der Waals surface area contributed by atoms with Crippen LogP contribution in [0.1, 0.15) is 22.3 Å². The van der Waals surface area contributed by atoms with Crippen LogP contribution in [0.2, 0.25) is 0 Å². The van der Waals surface area contributed by atoms with E-state index in [9.17, 15) is 14.7 Å². The van der Waals surface area contributed by atoms with E-state index in [0.29, 0.717) is 23.5 Å². The number of ketones is 1. The Balaban J connectivity index is 2.61. The lowest BCUT2D eigenvalue weighted by Crippen LogP contribution is -2.50. The Kier molecular flexibility index (Phi) is 3.67. The van der Waals surface area contributed by atoms with Gasteiger partial charge >= 0.3 is 5.97 Å². The molecule has 0 spiro atoms. The Morgan fingerprint density at radius 2 is 1.80 bits per heavy atom. The zero-order valence-corrected chi connectivity index (χ0v) is 11.6. The number of rotatable bonds is 3. The summed E-state index contributed by atoms with van der Waals surface area (Å²) in [5.74, 6) is -0.853. The summed E-state index contributed by atoms with van der Waals surface area (Å²) in [7, 11) is 4.04. The zero-order valence-electron chi connectivity index (χ0n) is 11.6. The van der Waals surface area contributed by atoms with Gasteiger partial charge in [-0.1, -0.05) is 0 Å². The van der Waals surface area contributed by atoms with Crippen LogP contribution in [-0.2, 0) is 16.0 Å². The average Bonchev–Trinajstić information content (AvgIpc) is 2.48. The molecule has 1 aromatic carbocycles. The van der Waals surface area contributed by atoms with Crippen molar-refractivity contribution in [1.29, 1.82) is 0 Å². The van der Waals surface area contributed by atoms with Gasteiger partial charge in [-0.05, 0) is 25.0 Å². The molecule has 20 heavy (non-hydrogen) atoms. The van der Waals surface area contributed by atoms with Gasteiger partial charge in [0.2, 0.25) is 11.4 Å². The normalized spacial score (nSPS) is 21.1. The number of carbonyl (C=O) groups is 2. The molecule has 108 valence electrons. The largest absolute Gasteiger partial charge is 0.496 e. The van der Waals surface area contributed by atoms with Crippen LogP contribution >= 0.6 is 0 Å². The predicted molar refractivity (Wildman–Crippen MR) is 69.2 cm³/mol. The van der Waals surface area contributed by atoms with Crippen LogP contribution in [0.15, 0.2) is 12.1 Å². The van der Waals surface area contributed by atoms with E-state index in [-0.39, 0.29) is 12.0 Å². The molecule has 0 saturated heterocycles. The molecule has 0 unspecified atom stereocenters. The molecule has 0 radical (unpaired) electrons. The Labute approximate surface area is 116 Å². The molecule has 0 aromatic heterocycles. The fourth-order valence-electron chi connectivity index (χ4n) is 2.46. The molecular weight excluding hydrogens is 264 g/mol. The molecule has 0 fully saturated rings. The van der Waals surface area contributed by atoms with Crippen LogP contribution in [0.4, 0.5) is 0 Å². The summed E-state index contributed by atoms with van der Waals surface area (Å²) in [5.41, 5.74) is -1.36. The maximum Gasteiger partial charge on any atom is 0.346 e. The lowest BCUT2D eigenvalue weighted by atomic mass is 9.78. The smallest absolute Gasteiger partial charge is 0.346 e. The molecule has 0 amide bonds. The first kappa shape index (κ1) is 14.3. The van der Waals surface area contributed by atoms with Crippen molar-refractivity contribution < 1.29 is 28.9 Å². The minimum absolute atomic E-state index is 0.0466. The van der Waals surface area contributed by atoms with E-state index in [1.165, 1.54) is 14.2 Å². The number of aliphatic hydroxyl groups is 1. The van der Waals surface area contributed by atoms with Crippen molar-refractivity contribution in [2.24, 2.45) is 0 Å². The molecule has 6 heteroatoms. The summed E-state index contributed by atoms with van der Waals surface area (Å²) in [4.78, 5) is 24.2. The van der Waals surface area contributed by atoms with Crippen LogP contribution < -0.4 is 9.47 Å². The van der Waals surface area contributed by atoms with Gasteiger partial charge in [-0.25, -0.2) is 4.79 Å². The predicted octanol–water partition coefficient (Wildman–Crippen LogP) is 0.737. The molecule has 6 nitrogen and oxygen atoms in total. The third-order valence-electron chi connectivity index (χ3n) is 3.53. The number of methoxy groups -OCH3 is 3. The number of hydrogen-bond acceptors (Lipinski definition) is 6. The molecule has 1 aliphatic carbocycles. The highest BCUT2D eigenvalue weighted by Crippen LogP contribution is 2.39. The fourth-order valence-corrected chi connectivity index (χ4v) is 2.46. The SMILES string of the molecule is COC(=O)[C@]1(O)CCc2c(OC)ccc(OC)c2C1=O. The summed E-state index contributed by atoms with van der Waals surface area (Å²) >= 11 is 0. The summed E-state index contributed by atoms with van der Waals surface area (Å²) in [6.07, 6.45) is 0.266. The first-order valence-electron chi connectivity index (χ1n) is 6.09. The molecule has 0 aliphatic heterocycles. The van der Waals surface area contributed by atoms with Gasteiger partial charge in [0, 0.05) is 5.56 Å². The standard InChI is InChI=1S/C14H16O6/c1-18-9-4-5-10(19-2)11-8(9)6-7-14(17,12(11)15)13(16)20-3/h4-5,17H,6-7H2,1-3H3/t14-/m0/s1. The number of hydrogen-bond donors (Lipinski definition) is 1. The molecule has 1 aromatic rings. The Hall–Kier alpha value is -2.08. The van der Waals surface area contributed by atoms with Gasteiger partial charge in [0.15, 0.2) is 0 Å². The van der Waals surface area contributed by atoms with Crippen molar-refractivity contribution in [3.8, 4) is 11.5 Å². The van der Waals surface area contributed by atoms with Gasteiger partial charge in [-0.15, -0.1) is 0 Å². The van der Waals surface area contributed by atoms with Crippen molar-refractivity contribution in [1.82, 2.24) is 0 Å². The van der Waals surface area contributed by atoms with Gasteiger partial charge in [0.05, 0.1) is 26.9 Å². The Morgan fingerprint density at radius 1 is 1.20 bits per heavy atom. The number of carbonyl (C=O) groups excluding carboxylic acids is 2. The first-order chi connectivity index (χ1) is 9.49. The first-order valence-corrected chi connectivity index (χ1v) is 6.09. The zero-order chi connectivity index (χ0) is 14.9. The lowest BCUT2D eigenvalue weighted by molar-refractivity contribution is -0.157. The van der Waals surface area contributed by atoms with E-state index in [1.54, 1.807) is 12.1 Å². The monoisotopic (exact) mass is 280 g/mol. The highest BCUT2D eigenvalue weighted by Gasteiger charge is 2.50. The second-order valence-corrected chi connectivity index (χ2v) is 4.50. The molecule has 0 heterocycles. The van der Waals surface area contributed by atoms with Crippen LogP contribution in [0.5, 0.6) is 11.5 Å². The van der Waals surface area contributed by atoms with Gasteiger partial charge in [0.25, 0.3) is 0 Å². The number of ether oxygens (including phenoxy) is 3. The van der Waals surface area contributed by atoms with E-state index < -0.39 is 17.4 Å². The van der Waals surface area contributed by atoms with Gasteiger partial charge in [0.1, 0.15) is 11.5 Å². The number of esters is 1. The molecule has 2 rings (SSSR count). The minimum atomic E-state index is -2.17. The third-order valence-corrected chi connectivity index (χ3v) is 3.53.